The minimum atomic E-state index is -0.232. The molecule has 0 aliphatic rings. The van der Waals surface area contributed by atoms with Gasteiger partial charge in [-0.3, -0.25) is 9.59 Å². The topological polar surface area (TPSA) is 94.9 Å². The molecule has 106 valence electrons. The lowest BCUT2D eigenvalue weighted by atomic mass is 10.2. The summed E-state index contributed by atoms with van der Waals surface area (Å²) in [6.07, 6.45) is 0.104. The van der Waals surface area contributed by atoms with Gasteiger partial charge in [0.15, 0.2) is 5.13 Å². The van der Waals surface area contributed by atoms with Crippen molar-refractivity contribution in [3.05, 3.63) is 40.9 Å². The van der Waals surface area contributed by atoms with Crippen LogP contribution in [0.2, 0.25) is 0 Å². The molecule has 1 aromatic heterocycles. The van der Waals surface area contributed by atoms with Gasteiger partial charge >= 0.3 is 0 Å². The Kier molecular flexibility index (Phi) is 4.64. The third-order valence-electron chi connectivity index (χ3n) is 2.45. The van der Waals surface area contributed by atoms with Crippen LogP contribution < -0.4 is 10.6 Å². The number of amides is 2. The van der Waals surface area contributed by atoms with E-state index < -0.39 is 0 Å². The first-order valence-corrected chi connectivity index (χ1v) is 6.97. The number of hydrogen-bond acceptors (Lipinski definition) is 5. The van der Waals surface area contributed by atoms with Crippen LogP contribution >= 0.6 is 11.3 Å². The van der Waals surface area contributed by atoms with E-state index >= 15 is 0 Å². The number of nitrogens with one attached hydrogen (secondary N) is 2. The van der Waals surface area contributed by atoms with Crippen molar-refractivity contribution < 1.29 is 9.59 Å². The molecule has 0 radical (unpaired) electrons. The molecule has 0 aliphatic carbocycles. The fraction of sp³-hybridized carbons (Fsp3) is 0.143. The minimum Gasteiger partial charge on any atom is -0.326 e. The summed E-state index contributed by atoms with van der Waals surface area (Å²) in [5.41, 5.74) is 1.63. The summed E-state index contributed by atoms with van der Waals surface area (Å²) in [4.78, 5) is 26.9. The maximum atomic E-state index is 11.9. The minimum absolute atomic E-state index is 0.104. The SMILES string of the molecule is CC(=O)Nc1nc(CC(=O)Nc2cccc(C#N)c2)cs1. The Morgan fingerprint density at radius 2 is 2.19 bits per heavy atom. The number of hydrogen-bond donors (Lipinski definition) is 2. The normalized spacial score (nSPS) is 9.71. The zero-order chi connectivity index (χ0) is 15.2. The number of nitrogens with zero attached hydrogens (tertiary/aromatic N) is 2. The molecule has 1 heterocycles. The fourth-order valence-corrected chi connectivity index (χ4v) is 2.39. The summed E-state index contributed by atoms with van der Waals surface area (Å²) < 4.78 is 0. The lowest BCUT2D eigenvalue weighted by Gasteiger charge is -2.04. The average Bonchev–Trinajstić information content (AvgIpc) is 2.85. The Balaban J connectivity index is 1.96. The van der Waals surface area contributed by atoms with Gasteiger partial charge in [0.25, 0.3) is 0 Å². The van der Waals surface area contributed by atoms with Gasteiger partial charge in [-0.05, 0) is 18.2 Å². The van der Waals surface area contributed by atoms with Crippen molar-refractivity contribution >= 4 is 34.0 Å². The van der Waals surface area contributed by atoms with E-state index in [0.29, 0.717) is 22.1 Å². The number of carbonyl (C=O) groups excluding carboxylic acids is 2. The Morgan fingerprint density at radius 3 is 2.90 bits per heavy atom. The molecule has 0 atom stereocenters. The van der Waals surface area contributed by atoms with Crippen molar-refractivity contribution in [2.75, 3.05) is 10.6 Å². The van der Waals surface area contributed by atoms with E-state index in [1.54, 1.807) is 29.6 Å². The van der Waals surface area contributed by atoms with Crippen molar-refractivity contribution in [2.45, 2.75) is 13.3 Å². The number of nitriles is 1. The van der Waals surface area contributed by atoms with Crippen molar-refractivity contribution in [3.63, 3.8) is 0 Å². The third-order valence-corrected chi connectivity index (χ3v) is 3.26. The highest BCUT2D eigenvalue weighted by Crippen LogP contribution is 2.16. The van der Waals surface area contributed by atoms with Gasteiger partial charge in [0.2, 0.25) is 11.8 Å². The van der Waals surface area contributed by atoms with Crippen LogP contribution in [0.15, 0.2) is 29.6 Å². The summed E-state index contributed by atoms with van der Waals surface area (Å²) in [6.45, 7) is 1.40. The summed E-state index contributed by atoms with van der Waals surface area (Å²) >= 11 is 1.27. The predicted octanol–water partition coefficient (Wildman–Crippen LogP) is 2.15. The lowest BCUT2D eigenvalue weighted by molar-refractivity contribution is -0.116. The Morgan fingerprint density at radius 1 is 1.38 bits per heavy atom. The average molecular weight is 300 g/mol. The monoisotopic (exact) mass is 300 g/mol. The molecule has 0 saturated heterocycles. The second-order valence-corrected chi connectivity index (χ2v) is 5.10. The molecule has 0 unspecified atom stereocenters. The summed E-state index contributed by atoms with van der Waals surface area (Å²) in [6, 6.07) is 8.68. The lowest BCUT2D eigenvalue weighted by Crippen LogP contribution is -2.14. The van der Waals surface area contributed by atoms with Gasteiger partial charge in [0.1, 0.15) is 0 Å². The largest absolute Gasteiger partial charge is 0.326 e. The molecule has 7 heteroatoms. The van der Waals surface area contributed by atoms with Crippen LogP contribution in [0.4, 0.5) is 10.8 Å². The quantitative estimate of drug-likeness (QED) is 0.904. The van der Waals surface area contributed by atoms with Crippen molar-refractivity contribution in [2.24, 2.45) is 0 Å². The molecule has 0 aliphatic heterocycles. The smallest absolute Gasteiger partial charge is 0.230 e. The zero-order valence-electron chi connectivity index (χ0n) is 11.2. The van der Waals surface area contributed by atoms with E-state index in [1.165, 1.54) is 18.3 Å². The van der Waals surface area contributed by atoms with Gasteiger partial charge in [-0.1, -0.05) is 6.07 Å². The van der Waals surface area contributed by atoms with Crippen LogP contribution in [-0.2, 0) is 16.0 Å². The van der Waals surface area contributed by atoms with E-state index in [4.69, 9.17) is 5.26 Å². The standard InChI is InChI=1S/C14H12N4O2S/c1-9(19)16-14-18-12(8-21-14)6-13(20)17-11-4-2-3-10(5-11)7-15/h2-5,8H,6H2,1H3,(H,17,20)(H,16,18,19). The summed E-state index contributed by atoms with van der Waals surface area (Å²) in [5, 5.41) is 16.3. The van der Waals surface area contributed by atoms with Gasteiger partial charge in [-0.15, -0.1) is 11.3 Å². The highest BCUT2D eigenvalue weighted by molar-refractivity contribution is 7.13. The molecule has 0 bridgehead atoms. The first-order valence-electron chi connectivity index (χ1n) is 6.09. The maximum absolute atomic E-state index is 11.9. The second-order valence-electron chi connectivity index (χ2n) is 4.24. The molecule has 1 aromatic carbocycles. The molecule has 21 heavy (non-hydrogen) atoms. The number of anilines is 2. The van der Waals surface area contributed by atoms with Crippen LogP contribution in [0.3, 0.4) is 0 Å². The van der Waals surface area contributed by atoms with E-state index in [-0.39, 0.29) is 18.2 Å². The highest BCUT2D eigenvalue weighted by atomic mass is 32.1. The number of benzene rings is 1. The molecule has 0 fully saturated rings. The summed E-state index contributed by atoms with van der Waals surface area (Å²) in [7, 11) is 0. The van der Waals surface area contributed by atoms with Crippen LogP contribution in [0.5, 0.6) is 0 Å². The molecular weight excluding hydrogens is 288 g/mol. The molecule has 0 saturated carbocycles. The van der Waals surface area contributed by atoms with Crippen molar-refractivity contribution in [1.29, 1.82) is 5.26 Å². The van der Waals surface area contributed by atoms with E-state index in [1.807, 2.05) is 6.07 Å². The van der Waals surface area contributed by atoms with Gasteiger partial charge in [-0.2, -0.15) is 5.26 Å². The number of aromatic nitrogens is 1. The number of rotatable bonds is 4. The number of carbonyl (C=O) groups is 2. The van der Waals surface area contributed by atoms with Gasteiger partial charge in [0, 0.05) is 18.0 Å². The third kappa shape index (κ3) is 4.40. The Labute approximate surface area is 125 Å². The van der Waals surface area contributed by atoms with Crippen molar-refractivity contribution in [3.8, 4) is 6.07 Å². The molecule has 2 aromatic rings. The zero-order valence-corrected chi connectivity index (χ0v) is 12.0. The molecule has 2 amide bonds. The molecule has 2 rings (SSSR count). The van der Waals surface area contributed by atoms with E-state index in [0.717, 1.165) is 0 Å². The molecule has 6 nitrogen and oxygen atoms in total. The molecule has 2 N–H and O–H groups in total. The fourth-order valence-electron chi connectivity index (χ4n) is 1.63. The van der Waals surface area contributed by atoms with Crippen molar-refractivity contribution in [1.82, 2.24) is 4.98 Å². The van der Waals surface area contributed by atoms with E-state index in [2.05, 4.69) is 15.6 Å². The number of thiazole rings is 1. The maximum Gasteiger partial charge on any atom is 0.230 e. The van der Waals surface area contributed by atoms with Crippen LogP contribution in [0, 0.1) is 11.3 Å². The highest BCUT2D eigenvalue weighted by Gasteiger charge is 2.09. The predicted molar refractivity (Wildman–Crippen MR) is 79.9 cm³/mol. The van der Waals surface area contributed by atoms with E-state index in [9.17, 15) is 9.59 Å². The van der Waals surface area contributed by atoms with Gasteiger partial charge < -0.3 is 10.6 Å². The molecular formula is C14H12N4O2S. The first-order chi connectivity index (χ1) is 10.1. The Bertz CT molecular complexity index is 718. The first kappa shape index (κ1) is 14.7. The second kappa shape index (κ2) is 6.63. The van der Waals surface area contributed by atoms with Crippen LogP contribution in [-0.4, -0.2) is 16.8 Å². The summed E-state index contributed by atoms with van der Waals surface area (Å²) in [5.74, 6) is -0.432. The van der Waals surface area contributed by atoms with Crippen LogP contribution in [0.25, 0.3) is 0 Å². The van der Waals surface area contributed by atoms with Gasteiger partial charge in [0.05, 0.1) is 23.7 Å². The van der Waals surface area contributed by atoms with Crippen LogP contribution in [0.1, 0.15) is 18.2 Å². The molecule has 0 spiro atoms. The Hall–Kier alpha value is -2.72. The van der Waals surface area contributed by atoms with Gasteiger partial charge in [-0.25, -0.2) is 4.98 Å².